The van der Waals surface area contributed by atoms with Crippen molar-refractivity contribution in [1.82, 2.24) is 0 Å². The number of carbonyl (C=O) groups excluding carboxylic acids is 1. The monoisotopic (exact) mass is 244 g/mol. The fourth-order valence-corrected chi connectivity index (χ4v) is 1.26. The van der Waals surface area contributed by atoms with Gasteiger partial charge in [-0.05, 0) is 18.2 Å². The smallest absolute Gasteiger partial charge is 0.189 e. The average Bonchev–Trinajstić information content (AvgIpc) is 2.30. The van der Waals surface area contributed by atoms with Crippen LogP contribution in [0.3, 0.4) is 0 Å². The van der Waals surface area contributed by atoms with Crippen molar-refractivity contribution in [3.8, 4) is 5.75 Å². The molecule has 1 aromatic rings. The van der Waals surface area contributed by atoms with Crippen LogP contribution in [0.5, 0.6) is 5.75 Å². The summed E-state index contributed by atoms with van der Waals surface area (Å²) in [5, 5.41) is 0.389. The fourth-order valence-electron chi connectivity index (χ4n) is 1.01. The van der Waals surface area contributed by atoms with E-state index in [1.54, 1.807) is 25.3 Å². The van der Waals surface area contributed by atoms with E-state index in [1.165, 1.54) is 0 Å². The molecule has 0 aromatic heterocycles. The quantitative estimate of drug-likeness (QED) is 0.419. The van der Waals surface area contributed by atoms with E-state index < -0.39 is 0 Å². The van der Waals surface area contributed by atoms with Gasteiger partial charge in [-0.2, -0.15) is 0 Å². The van der Waals surface area contributed by atoms with Gasteiger partial charge in [0, 0.05) is 12.7 Å². The average molecular weight is 245 g/mol. The van der Waals surface area contributed by atoms with E-state index in [9.17, 15) is 4.79 Å². The summed E-state index contributed by atoms with van der Waals surface area (Å²) >= 11 is 5.88. The predicted octanol–water partition coefficient (Wildman–Crippen LogP) is 2.15. The van der Waals surface area contributed by atoms with Crippen molar-refractivity contribution in [1.29, 1.82) is 0 Å². The molecule has 0 spiro atoms. The van der Waals surface area contributed by atoms with Gasteiger partial charge in [-0.1, -0.05) is 11.6 Å². The summed E-state index contributed by atoms with van der Waals surface area (Å²) in [5.41, 5.74) is 0.512. The molecule has 0 unspecified atom stereocenters. The second-order valence-corrected chi connectivity index (χ2v) is 3.38. The maximum Gasteiger partial charge on any atom is 0.189 e. The van der Waals surface area contributed by atoms with Crippen LogP contribution >= 0.6 is 11.6 Å². The van der Waals surface area contributed by atoms with Crippen molar-refractivity contribution >= 4 is 17.9 Å². The Morgan fingerprint density at radius 2 is 2.19 bits per heavy atom. The zero-order valence-electron chi connectivity index (χ0n) is 8.94. The number of rotatable bonds is 7. The molecule has 0 saturated heterocycles. The van der Waals surface area contributed by atoms with Crippen molar-refractivity contribution in [2.24, 2.45) is 0 Å². The summed E-state index contributed by atoms with van der Waals surface area (Å²) in [5.74, 6) is 0.490. The molecule has 0 aliphatic rings. The first kappa shape index (κ1) is 13.0. The Kier molecular flexibility index (Phi) is 5.85. The molecule has 0 N–H and O–H groups in total. The van der Waals surface area contributed by atoms with E-state index in [4.69, 9.17) is 25.8 Å². The van der Waals surface area contributed by atoms with Gasteiger partial charge in [-0.25, -0.2) is 0 Å². The number of halogens is 1. The van der Waals surface area contributed by atoms with Crippen LogP contribution in [0.25, 0.3) is 0 Å². The second-order valence-electron chi connectivity index (χ2n) is 2.97. The van der Waals surface area contributed by atoms with Gasteiger partial charge in [0.1, 0.15) is 12.0 Å². The molecule has 0 radical (unpaired) electrons. The lowest BCUT2D eigenvalue weighted by Gasteiger charge is -2.08. The largest absolute Gasteiger partial charge is 0.466 e. The summed E-state index contributed by atoms with van der Waals surface area (Å²) in [6.45, 7) is 1.07. The summed E-state index contributed by atoms with van der Waals surface area (Å²) in [4.78, 5) is 10.5. The SMILES string of the molecule is COCCOCOc1ccc(C=O)cc1Cl. The summed E-state index contributed by atoms with van der Waals surface area (Å²) in [6.07, 6.45) is 0.727. The van der Waals surface area contributed by atoms with Crippen LogP contribution in [0.1, 0.15) is 10.4 Å². The van der Waals surface area contributed by atoms with Crippen LogP contribution in [0.4, 0.5) is 0 Å². The van der Waals surface area contributed by atoms with Gasteiger partial charge in [0.05, 0.1) is 18.2 Å². The molecule has 1 aromatic carbocycles. The Labute approximate surface area is 99.1 Å². The minimum absolute atomic E-state index is 0.101. The molecule has 5 heteroatoms. The maximum absolute atomic E-state index is 10.5. The third kappa shape index (κ3) is 4.18. The molecule has 0 amide bonds. The third-order valence-corrected chi connectivity index (χ3v) is 2.12. The fraction of sp³-hybridized carbons (Fsp3) is 0.364. The van der Waals surface area contributed by atoms with Crippen molar-refractivity contribution in [3.05, 3.63) is 28.8 Å². The molecule has 16 heavy (non-hydrogen) atoms. The van der Waals surface area contributed by atoms with Crippen LogP contribution in [0.2, 0.25) is 5.02 Å². The van der Waals surface area contributed by atoms with Gasteiger partial charge in [0.15, 0.2) is 6.79 Å². The number of hydrogen-bond acceptors (Lipinski definition) is 4. The van der Waals surface area contributed by atoms with E-state index in [-0.39, 0.29) is 6.79 Å². The molecular weight excluding hydrogens is 232 g/mol. The Morgan fingerprint density at radius 3 is 2.81 bits per heavy atom. The van der Waals surface area contributed by atoms with Crippen LogP contribution in [-0.4, -0.2) is 33.4 Å². The van der Waals surface area contributed by atoms with Gasteiger partial charge in [0.2, 0.25) is 0 Å². The first-order chi connectivity index (χ1) is 7.77. The van der Waals surface area contributed by atoms with E-state index in [1.807, 2.05) is 0 Å². The number of ether oxygens (including phenoxy) is 3. The molecule has 0 saturated carbocycles. The minimum Gasteiger partial charge on any atom is -0.466 e. The van der Waals surface area contributed by atoms with Gasteiger partial charge < -0.3 is 14.2 Å². The molecule has 4 nitrogen and oxygen atoms in total. The Balaban J connectivity index is 2.39. The number of benzene rings is 1. The molecule has 88 valence electrons. The lowest BCUT2D eigenvalue weighted by atomic mass is 10.2. The Hall–Kier alpha value is -1.10. The highest BCUT2D eigenvalue weighted by Crippen LogP contribution is 2.24. The Bertz CT molecular complexity index is 341. The molecular formula is C11H13ClO4. The van der Waals surface area contributed by atoms with E-state index >= 15 is 0 Å². The maximum atomic E-state index is 10.5. The first-order valence-corrected chi connectivity index (χ1v) is 5.10. The Morgan fingerprint density at radius 1 is 1.38 bits per heavy atom. The number of aldehydes is 1. The van der Waals surface area contributed by atoms with Gasteiger partial charge in [-0.3, -0.25) is 4.79 Å². The summed E-state index contributed by atoms with van der Waals surface area (Å²) < 4.78 is 15.2. The molecule has 0 atom stereocenters. The summed E-state index contributed by atoms with van der Waals surface area (Å²) in [7, 11) is 1.60. The lowest BCUT2D eigenvalue weighted by Crippen LogP contribution is -2.07. The van der Waals surface area contributed by atoms with Crippen molar-refractivity contribution in [2.75, 3.05) is 27.1 Å². The number of carbonyl (C=O) groups is 1. The van der Waals surface area contributed by atoms with Crippen molar-refractivity contribution < 1.29 is 19.0 Å². The van der Waals surface area contributed by atoms with Gasteiger partial charge >= 0.3 is 0 Å². The number of hydrogen-bond donors (Lipinski definition) is 0. The topological polar surface area (TPSA) is 44.8 Å². The second kappa shape index (κ2) is 7.22. The van der Waals surface area contributed by atoms with Gasteiger partial charge in [-0.15, -0.1) is 0 Å². The zero-order valence-corrected chi connectivity index (χ0v) is 9.70. The molecule has 0 bridgehead atoms. The van der Waals surface area contributed by atoms with Crippen molar-refractivity contribution in [3.63, 3.8) is 0 Å². The van der Waals surface area contributed by atoms with Crippen LogP contribution in [0.15, 0.2) is 18.2 Å². The van der Waals surface area contributed by atoms with Gasteiger partial charge in [0.25, 0.3) is 0 Å². The molecule has 1 rings (SSSR count). The van der Waals surface area contributed by atoms with E-state index in [0.29, 0.717) is 29.5 Å². The minimum atomic E-state index is 0.101. The standard InChI is InChI=1S/C11H13ClO4/c1-14-4-5-15-8-16-11-3-2-9(7-13)6-10(11)12/h2-3,6-7H,4-5,8H2,1H3. The summed E-state index contributed by atoms with van der Waals surface area (Å²) in [6, 6.07) is 4.80. The molecule has 0 fully saturated rings. The highest BCUT2D eigenvalue weighted by atomic mass is 35.5. The van der Waals surface area contributed by atoms with Crippen LogP contribution in [-0.2, 0) is 9.47 Å². The first-order valence-electron chi connectivity index (χ1n) is 4.72. The molecule has 0 heterocycles. The van der Waals surface area contributed by atoms with Crippen molar-refractivity contribution in [2.45, 2.75) is 0 Å². The highest BCUT2D eigenvalue weighted by Gasteiger charge is 2.02. The normalized spacial score (nSPS) is 10.1. The zero-order chi connectivity index (χ0) is 11.8. The van der Waals surface area contributed by atoms with E-state index in [2.05, 4.69) is 0 Å². The highest BCUT2D eigenvalue weighted by molar-refractivity contribution is 6.32. The predicted molar refractivity (Wildman–Crippen MR) is 60.2 cm³/mol. The number of methoxy groups -OCH3 is 1. The van der Waals surface area contributed by atoms with Crippen LogP contribution in [0, 0.1) is 0 Å². The lowest BCUT2D eigenvalue weighted by molar-refractivity contribution is -0.00842. The van der Waals surface area contributed by atoms with E-state index in [0.717, 1.165) is 6.29 Å². The van der Waals surface area contributed by atoms with Crippen LogP contribution < -0.4 is 4.74 Å². The molecule has 0 aliphatic heterocycles. The molecule has 0 aliphatic carbocycles. The third-order valence-electron chi connectivity index (χ3n) is 1.82.